The molecule has 34 heavy (non-hydrogen) atoms. The summed E-state index contributed by atoms with van der Waals surface area (Å²) in [4.78, 5) is 0. The number of hydrogen-bond acceptors (Lipinski definition) is 2. The number of rotatable bonds is 4. The van der Waals surface area contributed by atoms with Gasteiger partial charge in [-0.25, -0.2) is 0 Å². The van der Waals surface area contributed by atoms with E-state index >= 15 is 0 Å². The molecule has 4 aromatic rings. The van der Waals surface area contributed by atoms with Gasteiger partial charge in [-0.05, 0) is 76.2 Å². The van der Waals surface area contributed by atoms with E-state index in [2.05, 4.69) is 124 Å². The molecule has 1 aliphatic rings. The molecule has 0 heterocycles. The number of aryl methyl sites for hydroxylation is 1. The van der Waals surface area contributed by atoms with Crippen LogP contribution in [0.1, 0.15) is 55.5 Å². The first-order chi connectivity index (χ1) is 16.2. The van der Waals surface area contributed by atoms with E-state index in [0.29, 0.717) is 0 Å². The van der Waals surface area contributed by atoms with Gasteiger partial charge in [0.05, 0.1) is 11.4 Å². The quantitative estimate of drug-likeness (QED) is 0.329. The molecule has 0 amide bonds. The largest absolute Gasteiger partial charge is 0.386 e. The average molecular weight is 447 g/mol. The molecule has 4 aromatic carbocycles. The van der Waals surface area contributed by atoms with Gasteiger partial charge in [-0.3, -0.25) is 0 Å². The second-order valence-electron chi connectivity index (χ2n) is 10.5. The molecule has 0 bridgehead atoms. The van der Waals surface area contributed by atoms with Crippen LogP contribution in [0, 0.1) is 6.92 Å². The highest BCUT2D eigenvalue weighted by Crippen LogP contribution is 2.50. The topological polar surface area (TPSA) is 24.1 Å². The molecule has 0 spiro atoms. The average Bonchev–Trinajstić information content (AvgIpc) is 2.84. The SMILES string of the molecule is CNc1ccccc1Nc1ccc(-c2ccc3c(c2)C(C)(C)c2ccccc2C3(C)C)cc1C. The molecule has 2 heteroatoms. The highest BCUT2D eigenvalue weighted by molar-refractivity contribution is 5.78. The van der Waals surface area contributed by atoms with E-state index in [1.54, 1.807) is 0 Å². The minimum atomic E-state index is -0.0368. The van der Waals surface area contributed by atoms with Crippen LogP contribution >= 0.6 is 0 Å². The highest BCUT2D eigenvalue weighted by Gasteiger charge is 2.41. The van der Waals surface area contributed by atoms with Gasteiger partial charge in [-0.15, -0.1) is 0 Å². The van der Waals surface area contributed by atoms with Crippen molar-refractivity contribution >= 4 is 17.1 Å². The number of hydrogen-bond donors (Lipinski definition) is 2. The molecule has 0 fully saturated rings. The molecule has 0 saturated carbocycles. The second-order valence-corrected chi connectivity index (χ2v) is 10.5. The van der Waals surface area contributed by atoms with E-state index in [4.69, 9.17) is 0 Å². The van der Waals surface area contributed by atoms with Crippen molar-refractivity contribution in [3.63, 3.8) is 0 Å². The summed E-state index contributed by atoms with van der Waals surface area (Å²) in [6.07, 6.45) is 0. The van der Waals surface area contributed by atoms with Gasteiger partial charge in [0, 0.05) is 23.6 Å². The van der Waals surface area contributed by atoms with Crippen molar-refractivity contribution < 1.29 is 0 Å². The summed E-state index contributed by atoms with van der Waals surface area (Å²) in [5, 5.41) is 6.85. The van der Waals surface area contributed by atoms with Crippen molar-refractivity contribution in [2.75, 3.05) is 17.7 Å². The van der Waals surface area contributed by atoms with Crippen molar-refractivity contribution in [2.45, 2.75) is 45.4 Å². The summed E-state index contributed by atoms with van der Waals surface area (Å²) in [5.74, 6) is 0. The first-order valence-corrected chi connectivity index (χ1v) is 12.1. The summed E-state index contributed by atoms with van der Waals surface area (Å²) in [7, 11) is 1.95. The van der Waals surface area contributed by atoms with Crippen LogP contribution in [0.2, 0.25) is 0 Å². The molecule has 0 unspecified atom stereocenters. The van der Waals surface area contributed by atoms with Gasteiger partial charge in [0.1, 0.15) is 0 Å². The molecule has 0 atom stereocenters. The van der Waals surface area contributed by atoms with Crippen LogP contribution in [-0.4, -0.2) is 7.05 Å². The molecule has 0 aromatic heterocycles. The molecule has 0 aliphatic heterocycles. The third-order valence-corrected chi connectivity index (χ3v) is 7.67. The molecule has 172 valence electrons. The van der Waals surface area contributed by atoms with Crippen molar-refractivity contribution in [3.05, 3.63) is 113 Å². The van der Waals surface area contributed by atoms with Crippen molar-refractivity contribution in [1.29, 1.82) is 0 Å². The van der Waals surface area contributed by atoms with E-state index in [0.717, 1.165) is 17.1 Å². The van der Waals surface area contributed by atoms with Gasteiger partial charge in [-0.1, -0.05) is 82.3 Å². The van der Waals surface area contributed by atoms with Crippen LogP contribution in [0.5, 0.6) is 0 Å². The van der Waals surface area contributed by atoms with E-state index in [1.165, 1.54) is 38.9 Å². The number of benzene rings is 4. The molecule has 1 aliphatic carbocycles. The Hall–Kier alpha value is -3.52. The lowest BCUT2D eigenvalue weighted by Crippen LogP contribution is -2.36. The maximum atomic E-state index is 3.59. The Labute approximate surface area is 204 Å². The van der Waals surface area contributed by atoms with Crippen molar-refractivity contribution in [2.24, 2.45) is 0 Å². The van der Waals surface area contributed by atoms with Crippen LogP contribution in [-0.2, 0) is 10.8 Å². The third kappa shape index (κ3) is 3.49. The van der Waals surface area contributed by atoms with Gasteiger partial charge < -0.3 is 10.6 Å². The van der Waals surface area contributed by atoms with Crippen molar-refractivity contribution in [1.82, 2.24) is 0 Å². The maximum absolute atomic E-state index is 3.59. The number of anilines is 3. The van der Waals surface area contributed by atoms with E-state index < -0.39 is 0 Å². The van der Waals surface area contributed by atoms with Gasteiger partial charge >= 0.3 is 0 Å². The molecule has 0 saturated heterocycles. The summed E-state index contributed by atoms with van der Waals surface area (Å²) in [6, 6.07) is 31.0. The minimum Gasteiger partial charge on any atom is -0.386 e. The molecular weight excluding hydrogens is 412 g/mol. The fraction of sp³-hybridized carbons (Fsp3) is 0.250. The minimum absolute atomic E-state index is 0.00955. The lowest BCUT2D eigenvalue weighted by atomic mass is 9.60. The Bertz CT molecular complexity index is 1380. The molecule has 2 N–H and O–H groups in total. The zero-order valence-electron chi connectivity index (χ0n) is 21.1. The molecule has 2 nitrogen and oxygen atoms in total. The Morgan fingerprint density at radius 3 is 1.71 bits per heavy atom. The van der Waals surface area contributed by atoms with Gasteiger partial charge in [-0.2, -0.15) is 0 Å². The number of fused-ring (bicyclic) bond motifs is 2. The van der Waals surface area contributed by atoms with Crippen LogP contribution in [0.15, 0.2) is 84.9 Å². The maximum Gasteiger partial charge on any atom is 0.0619 e. The third-order valence-electron chi connectivity index (χ3n) is 7.67. The van der Waals surface area contributed by atoms with Crippen molar-refractivity contribution in [3.8, 4) is 11.1 Å². The number of para-hydroxylation sites is 2. The standard InChI is InChI=1S/C32H34N2/c1-21-19-22(16-18-28(21)34-30-14-10-9-13-29(30)33-6)23-15-17-26-27(20-23)32(4,5)25-12-8-7-11-24(25)31(26,2)3/h7-20,33-34H,1-6H3. The summed E-state index contributed by atoms with van der Waals surface area (Å²) in [5.41, 5.74) is 12.7. The van der Waals surface area contributed by atoms with Gasteiger partial charge in [0.25, 0.3) is 0 Å². The summed E-state index contributed by atoms with van der Waals surface area (Å²) < 4.78 is 0. The molecule has 0 radical (unpaired) electrons. The van der Waals surface area contributed by atoms with Crippen LogP contribution in [0.25, 0.3) is 11.1 Å². The highest BCUT2D eigenvalue weighted by atomic mass is 14.9. The summed E-state index contributed by atoms with van der Waals surface area (Å²) in [6.45, 7) is 11.6. The molecular formula is C32H34N2. The van der Waals surface area contributed by atoms with Crippen LogP contribution in [0.3, 0.4) is 0 Å². The predicted molar refractivity (Wildman–Crippen MR) is 147 cm³/mol. The Balaban J connectivity index is 1.54. The monoisotopic (exact) mass is 446 g/mol. The number of nitrogens with one attached hydrogen (secondary N) is 2. The van der Waals surface area contributed by atoms with Gasteiger partial charge in [0.2, 0.25) is 0 Å². The zero-order chi connectivity index (χ0) is 24.1. The first kappa shape index (κ1) is 22.3. The van der Waals surface area contributed by atoms with E-state index in [9.17, 15) is 0 Å². The fourth-order valence-electron chi connectivity index (χ4n) is 5.59. The predicted octanol–water partition coefficient (Wildman–Crippen LogP) is 8.41. The lowest BCUT2D eigenvalue weighted by molar-refractivity contribution is 0.521. The normalized spacial score (nSPS) is 15.2. The smallest absolute Gasteiger partial charge is 0.0619 e. The van der Waals surface area contributed by atoms with Crippen LogP contribution < -0.4 is 10.6 Å². The Kier molecular flexibility index (Phi) is 5.28. The van der Waals surface area contributed by atoms with E-state index in [1.807, 2.05) is 13.1 Å². The zero-order valence-corrected chi connectivity index (χ0v) is 21.1. The molecule has 5 rings (SSSR count). The first-order valence-electron chi connectivity index (χ1n) is 12.1. The fourth-order valence-corrected chi connectivity index (χ4v) is 5.59. The van der Waals surface area contributed by atoms with Gasteiger partial charge in [0.15, 0.2) is 0 Å². The Morgan fingerprint density at radius 1 is 0.529 bits per heavy atom. The van der Waals surface area contributed by atoms with Crippen LogP contribution in [0.4, 0.5) is 17.1 Å². The second kappa shape index (κ2) is 8.06. The Morgan fingerprint density at radius 2 is 1.06 bits per heavy atom. The summed E-state index contributed by atoms with van der Waals surface area (Å²) >= 11 is 0. The van der Waals surface area contributed by atoms with E-state index in [-0.39, 0.29) is 10.8 Å². The lowest BCUT2D eigenvalue weighted by Gasteiger charge is -2.44.